The molecule has 2 amide bonds. The molecule has 0 spiro atoms. The minimum absolute atomic E-state index is 0.231. The summed E-state index contributed by atoms with van der Waals surface area (Å²) >= 11 is 5.50. The SMILES string of the molecule is COc1cc(NC(=O)c2ccc3c(=O)n(-c4cccc(C)c4C)c(=S)[nH]c3c2)ccc1NC(C)=O. The van der Waals surface area contributed by atoms with Gasteiger partial charge in [-0.15, -0.1) is 0 Å². The number of ether oxygens (including phenoxy) is 1. The molecule has 1 aromatic heterocycles. The van der Waals surface area contributed by atoms with Gasteiger partial charge in [0, 0.05) is 24.2 Å². The molecule has 0 saturated carbocycles. The van der Waals surface area contributed by atoms with Crippen LogP contribution in [0.1, 0.15) is 28.4 Å². The van der Waals surface area contributed by atoms with Crippen LogP contribution in [0.15, 0.2) is 59.4 Å². The summed E-state index contributed by atoms with van der Waals surface area (Å²) in [5.41, 5.74) is 4.27. The molecular weight excluding hydrogens is 464 g/mol. The fourth-order valence-electron chi connectivity index (χ4n) is 3.82. The van der Waals surface area contributed by atoms with Crippen molar-refractivity contribution in [1.29, 1.82) is 0 Å². The molecule has 3 N–H and O–H groups in total. The quantitative estimate of drug-likeness (QED) is 0.347. The van der Waals surface area contributed by atoms with E-state index in [1.165, 1.54) is 18.6 Å². The van der Waals surface area contributed by atoms with E-state index in [1.54, 1.807) is 36.4 Å². The zero-order valence-electron chi connectivity index (χ0n) is 19.7. The second kappa shape index (κ2) is 9.55. The average molecular weight is 489 g/mol. The maximum Gasteiger partial charge on any atom is 0.266 e. The van der Waals surface area contributed by atoms with E-state index in [4.69, 9.17) is 17.0 Å². The van der Waals surface area contributed by atoms with Crippen molar-refractivity contribution in [3.63, 3.8) is 0 Å². The first-order valence-corrected chi connectivity index (χ1v) is 11.2. The predicted octanol–water partition coefficient (Wildman–Crippen LogP) is 4.88. The fourth-order valence-corrected chi connectivity index (χ4v) is 4.11. The number of aromatic nitrogens is 2. The van der Waals surface area contributed by atoms with E-state index >= 15 is 0 Å². The molecule has 0 aliphatic carbocycles. The molecule has 0 atom stereocenters. The van der Waals surface area contributed by atoms with Gasteiger partial charge in [0.1, 0.15) is 5.75 Å². The van der Waals surface area contributed by atoms with Crippen molar-refractivity contribution >= 4 is 46.3 Å². The third-order valence-corrected chi connectivity index (χ3v) is 6.03. The van der Waals surface area contributed by atoms with E-state index in [0.717, 1.165) is 16.8 Å². The van der Waals surface area contributed by atoms with Crippen LogP contribution in [0.4, 0.5) is 11.4 Å². The number of fused-ring (bicyclic) bond motifs is 1. The Hall–Kier alpha value is -4.24. The summed E-state index contributed by atoms with van der Waals surface area (Å²) in [5, 5.41) is 5.89. The number of amides is 2. The van der Waals surface area contributed by atoms with Gasteiger partial charge < -0.3 is 20.4 Å². The highest BCUT2D eigenvalue weighted by Gasteiger charge is 2.14. The first-order chi connectivity index (χ1) is 16.7. The Morgan fingerprint density at radius 1 is 1.03 bits per heavy atom. The molecule has 1 heterocycles. The van der Waals surface area contributed by atoms with E-state index in [2.05, 4.69) is 15.6 Å². The van der Waals surface area contributed by atoms with Crippen molar-refractivity contribution in [2.45, 2.75) is 20.8 Å². The standard InChI is InChI=1S/C26H24N4O4S/c1-14-6-5-7-22(15(14)2)30-25(33)19-10-8-17(12-21(19)29-26(30)35)24(32)28-18-9-11-20(27-16(3)31)23(13-18)34-4/h5-13H,1-4H3,(H,27,31)(H,28,32)(H,29,35). The van der Waals surface area contributed by atoms with Gasteiger partial charge in [0.15, 0.2) is 4.77 Å². The van der Waals surface area contributed by atoms with Crippen molar-refractivity contribution in [3.8, 4) is 11.4 Å². The number of methoxy groups -OCH3 is 1. The lowest BCUT2D eigenvalue weighted by atomic mass is 10.1. The molecular formula is C26H24N4O4S. The smallest absolute Gasteiger partial charge is 0.266 e. The monoisotopic (exact) mass is 488 g/mol. The molecule has 4 rings (SSSR count). The Bertz CT molecular complexity index is 1600. The largest absolute Gasteiger partial charge is 0.494 e. The van der Waals surface area contributed by atoms with Crippen LogP contribution in [0.3, 0.4) is 0 Å². The second-order valence-corrected chi connectivity index (χ2v) is 8.49. The van der Waals surface area contributed by atoms with E-state index in [0.29, 0.717) is 33.6 Å². The van der Waals surface area contributed by atoms with Crippen molar-refractivity contribution in [1.82, 2.24) is 9.55 Å². The molecule has 0 aliphatic heterocycles. The van der Waals surface area contributed by atoms with Gasteiger partial charge in [-0.2, -0.15) is 0 Å². The maximum absolute atomic E-state index is 13.3. The molecule has 35 heavy (non-hydrogen) atoms. The lowest BCUT2D eigenvalue weighted by Gasteiger charge is -2.13. The molecule has 9 heteroatoms. The molecule has 4 aromatic rings. The van der Waals surface area contributed by atoms with Gasteiger partial charge in [-0.3, -0.25) is 19.0 Å². The molecule has 8 nitrogen and oxygen atoms in total. The summed E-state index contributed by atoms with van der Waals surface area (Å²) in [6, 6.07) is 15.4. The van der Waals surface area contributed by atoms with E-state index in [1.807, 2.05) is 32.0 Å². The van der Waals surface area contributed by atoms with Gasteiger partial charge in [-0.1, -0.05) is 12.1 Å². The Labute approximate surface area is 206 Å². The minimum Gasteiger partial charge on any atom is -0.494 e. The number of rotatable bonds is 5. The van der Waals surface area contributed by atoms with E-state index < -0.39 is 0 Å². The summed E-state index contributed by atoms with van der Waals surface area (Å²) in [6.07, 6.45) is 0. The number of anilines is 2. The first kappa shape index (κ1) is 23.9. The zero-order chi connectivity index (χ0) is 25.3. The lowest BCUT2D eigenvalue weighted by molar-refractivity contribution is -0.114. The van der Waals surface area contributed by atoms with Gasteiger partial charge >= 0.3 is 0 Å². The van der Waals surface area contributed by atoms with Crippen LogP contribution in [0.25, 0.3) is 16.6 Å². The maximum atomic E-state index is 13.3. The van der Waals surface area contributed by atoms with Gasteiger partial charge in [0.05, 0.1) is 29.4 Å². The van der Waals surface area contributed by atoms with Crippen LogP contribution in [-0.2, 0) is 4.79 Å². The molecule has 178 valence electrons. The number of aromatic amines is 1. The number of hydrogen-bond donors (Lipinski definition) is 3. The average Bonchev–Trinajstić information content (AvgIpc) is 2.82. The van der Waals surface area contributed by atoms with Crippen molar-refractivity contribution in [2.75, 3.05) is 17.7 Å². The van der Waals surface area contributed by atoms with Gasteiger partial charge in [0.25, 0.3) is 11.5 Å². The topological polar surface area (TPSA) is 105 Å². The van der Waals surface area contributed by atoms with Crippen LogP contribution >= 0.6 is 12.2 Å². The Kier molecular flexibility index (Phi) is 6.52. The number of carbonyl (C=O) groups excluding carboxylic acids is 2. The van der Waals surface area contributed by atoms with E-state index in [-0.39, 0.29) is 22.1 Å². The number of aryl methyl sites for hydroxylation is 1. The molecule has 0 radical (unpaired) electrons. The van der Waals surface area contributed by atoms with Gasteiger partial charge in [0.2, 0.25) is 5.91 Å². The summed E-state index contributed by atoms with van der Waals surface area (Å²) in [7, 11) is 1.48. The molecule has 0 fully saturated rings. The number of nitrogens with one attached hydrogen (secondary N) is 3. The van der Waals surface area contributed by atoms with Crippen LogP contribution in [0.2, 0.25) is 0 Å². The Morgan fingerprint density at radius 3 is 2.51 bits per heavy atom. The number of carbonyl (C=O) groups is 2. The normalized spacial score (nSPS) is 10.7. The third kappa shape index (κ3) is 4.71. The van der Waals surface area contributed by atoms with Crippen LogP contribution in [-0.4, -0.2) is 28.5 Å². The predicted molar refractivity (Wildman–Crippen MR) is 139 cm³/mol. The molecule has 0 aliphatic rings. The number of hydrogen-bond acceptors (Lipinski definition) is 5. The van der Waals surface area contributed by atoms with Crippen LogP contribution in [0, 0.1) is 18.6 Å². The van der Waals surface area contributed by atoms with Crippen molar-refractivity contribution in [2.24, 2.45) is 0 Å². The molecule has 0 bridgehead atoms. The van der Waals surface area contributed by atoms with Crippen molar-refractivity contribution < 1.29 is 14.3 Å². The van der Waals surface area contributed by atoms with Crippen LogP contribution in [0.5, 0.6) is 5.75 Å². The van der Waals surface area contributed by atoms with Gasteiger partial charge in [-0.25, -0.2) is 0 Å². The molecule has 0 unspecified atom stereocenters. The third-order valence-electron chi connectivity index (χ3n) is 5.75. The summed E-state index contributed by atoms with van der Waals surface area (Å²) < 4.78 is 7.02. The Balaban J connectivity index is 1.68. The minimum atomic E-state index is -0.376. The number of benzene rings is 3. The van der Waals surface area contributed by atoms with Crippen LogP contribution < -0.4 is 20.9 Å². The fraction of sp³-hybridized carbons (Fsp3) is 0.154. The highest BCUT2D eigenvalue weighted by molar-refractivity contribution is 7.71. The highest BCUT2D eigenvalue weighted by atomic mass is 32.1. The Morgan fingerprint density at radius 2 is 1.80 bits per heavy atom. The van der Waals surface area contributed by atoms with Gasteiger partial charge in [-0.05, 0) is 73.6 Å². The van der Waals surface area contributed by atoms with E-state index in [9.17, 15) is 14.4 Å². The summed E-state index contributed by atoms with van der Waals surface area (Å²) in [5.74, 6) is -0.197. The summed E-state index contributed by atoms with van der Waals surface area (Å²) in [4.78, 5) is 40.6. The molecule has 3 aromatic carbocycles. The number of nitrogens with zero attached hydrogens (tertiary/aromatic N) is 1. The lowest BCUT2D eigenvalue weighted by Crippen LogP contribution is -2.22. The summed E-state index contributed by atoms with van der Waals surface area (Å²) in [6.45, 7) is 5.32. The first-order valence-electron chi connectivity index (χ1n) is 10.8. The zero-order valence-corrected chi connectivity index (χ0v) is 20.5. The molecule has 0 saturated heterocycles. The highest BCUT2D eigenvalue weighted by Crippen LogP contribution is 2.28. The van der Waals surface area contributed by atoms with Crippen molar-refractivity contribution in [3.05, 3.63) is 86.4 Å². The number of H-pyrrole nitrogens is 1. The second-order valence-electron chi connectivity index (χ2n) is 8.10.